The Hall–Kier alpha value is -10.2. The largest absolute Gasteiger partial charge is 0.309 e. The second-order valence-electron chi connectivity index (χ2n) is 25.0. The Morgan fingerprint density at radius 1 is 0.322 bits per heavy atom. The molecule has 1 aliphatic carbocycles. The summed E-state index contributed by atoms with van der Waals surface area (Å²) >= 11 is 0. The Bertz CT molecular complexity index is 5040. The molecule has 1 aliphatic rings. The van der Waals surface area contributed by atoms with E-state index in [1.54, 1.807) is 0 Å². The molecular formula is C84H67N3. The summed E-state index contributed by atoms with van der Waals surface area (Å²) in [5.74, 6) is 1.16. The Morgan fingerprint density at radius 2 is 0.759 bits per heavy atom. The summed E-state index contributed by atoms with van der Waals surface area (Å²) in [6, 6.07) is 93.9. The van der Waals surface area contributed by atoms with Crippen LogP contribution in [0, 0.1) is 11.8 Å². The first-order valence-electron chi connectivity index (χ1n) is 31.2. The fourth-order valence-electron chi connectivity index (χ4n) is 14.6. The molecule has 418 valence electrons. The van der Waals surface area contributed by atoms with Crippen molar-refractivity contribution in [3.63, 3.8) is 0 Å². The van der Waals surface area contributed by atoms with Crippen LogP contribution in [0.4, 0.5) is 0 Å². The van der Waals surface area contributed by atoms with Crippen molar-refractivity contribution in [3.8, 4) is 50.4 Å². The molecule has 87 heavy (non-hydrogen) atoms. The first-order chi connectivity index (χ1) is 42.8. The van der Waals surface area contributed by atoms with Gasteiger partial charge in [-0.05, 0) is 212 Å². The van der Waals surface area contributed by atoms with Crippen molar-refractivity contribution in [2.45, 2.75) is 53.4 Å². The maximum absolute atomic E-state index is 2.49. The smallest absolute Gasteiger partial charge is 0.0541 e. The predicted octanol–water partition coefficient (Wildman–Crippen LogP) is 22.2. The standard InChI is InChI=1S/C84H67N3/c1-54(2)45-57-19-17-23-65(47-57)86-78-31-15-13-27-69(78)74-50-60(35-41-80(74)86)62-37-43-82-76(52-62)77-53-63(61-36-42-81-75(51-61)70-28-14-16-32-79(70)87(81)66-24-18-20-58(48-66)46-55(3)4)38-44-83(77)85(82)64-39-33-56(34-40-64)49-73-68-25-9-6-10-29-72(73)84(59-21-7-5-8-22-59)71-30-12-11-26-67(68)71/h5-24,26-44,47-48,50-55H,25,45-46,49H2,1-4H3. The molecule has 12 aromatic carbocycles. The second kappa shape index (κ2) is 21.4. The number of hydrogen-bond acceptors (Lipinski definition) is 0. The van der Waals surface area contributed by atoms with Crippen LogP contribution in [0.1, 0.15) is 61.1 Å². The van der Waals surface area contributed by atoms with Crippen LogP contribution in [0.2, 0.25) is 0 Å². The Balaban J connectivity index is 0.842. The van der Waals surface area contributed by atoms with Crippen molar-refractivity contribution in [1.82, 2.24) is 13.7 Å². The zero-order valence-electron chi connectivity index (χ0n) is 49.8. The normalized spacial score (nSPS) is 12.6. The number of fused-ring (bicyclic) bond motifs is 13. The fourth-order valence-corrected chi connectivity index (χ4v) is 14.6. The lowest BCUT2D eigenvalue weighted by atomic mass is 9.82. The highest BCUT2D eigenvalue weighted by molar-refractivity contribution is 6.15. The molecule has 0 saturated heterocycles. The van der Waals surface area contributed by atoms with E-state index in [0.29, 0.717) is 11.8 Å². The molecule has 0 unspecified atom stereocenters. The summed E-state index contributed by atoms with van der Waals surface area (Å²) in [7, 11) is 0. The SMILES string of the molecule is CC(C)Cc1cccc(-n2c3ccccc3c3cc(-c4ccc5c(c4)c4cc(-c6ccc7c(c6)c6ccccc6n7-c6cccc(CC(C)C)c6)ccc4n5-c4ccc(Cc5c6c(-c7ccccc7)c7ccccc7c5CC=CC=C6)cc4)ccc32)c1. The molecule has 0 atom stereocenters. The molecular weight excluding hydrogens is 1050 g/mol. The number of aromatic nitrogens is 3. The molecule has 0 saturated carbocycles. The van der Waals surface area contributed by atoms with Crippen molar-refractivity contribution < 1.29 is 0 Å². The quantitative estimate of drug-likeness (QED) is 0.116. The Kier molecular flexibility index (Phi) is 12.9. The number of para-hydroxylation sites is 2. The molecule has 3 aromatic heterocycles. The van der Waals surface area contributed by atoms with Gasteiger partial charge in [0, 0.05) is 49.4 Å². The van der Waals surface area contributed by atoms with Crippen molar-refractivity contribution in [3.05, 3.63) is 300 Å². The van der Waals surface area contributed by atoms with Crippen molar-refractivity contribution in [2.75, 3.05) is 0 Å². The maximum atomic E-state index is 2.49. The summed E-state index contributed by atoms with van der Waals surface area (Å²) in [5.41, 5.74) is 26.3. The van der Waals surface area contributed by atoms with E-state index in [1.807, 2.05) is 0 Å². The molecule has 15 aromatic rings. The van der Waals surface area contributed by atoms with E-state index in [2.05, 4.69) is 314 Å². The first kappa shape index (κ1) is 52.3. The third-order valence-electron chi connectivity index (χ3n) is 18.4. The molecule has 2 bridgehead atoms. The average Bonchev–Trinajstić information content (AvgIpc) is 1.81. The van der Waals surface area contributed by atoms with Crippen molar-refractivity contribution >= 4 is 82.3 Å². The number of nitrogens with zero attached hydrogens (tertiary/aromatic N) is 3. The van der Waals surface area contributed by atoms with E-state index in [-0.39, 0.29) is 0 Å². The lowest BCUT2D eigenvalue weighted by molar-refractivity contribution is 0.647. The molecule has 16 rings (SSSR count). The molecule has 0 N–H and O–H groups in total. The van der Waals surface area contributed by atoms with Gasteiger partial charge < -0.3 is 13.7 Å². The van der Waals surface area contributed by atoms with Gasteiger partial charge in [0.15, 0.2) is 0 Å². The fraction of sp³-hybridized carbons (Fsp3) is 0.119. The van der Waals surface area contributed by atoms with Crippen LogP contribution in [-0.4, -0.2) is 13.7 Å². The minimum Gasteiger partial charge on any atom is -0.309 e. The van der Waals surface area contributed by atoms with Crippen LogP contribution >= 0.6 is 0 Å². The highest BCUT2D eigenvalue weighted by Gasteiger charge is 2.22. The second-order valence-corrected chi connectivity index (χ2v) is 25.0. The Morgan fingerprint density at radius 3 is 1.26 bits per heavy atom. The topological polar surface area (TPSA) is 14.8 Å². The minimum atomic E-state index is 0.582. The average molecular weight is 1120 g/mol. The van der Waals surface area contributed by atoms with Crippen LogP contribution in [0.15, 0.2) is 267 Å². The lowest BCUT2D eigenvalue weighted by Crippen LogP contribution is -2.04. The summed E-state index contributed by atoms with van der Waals surface area (Å²) < 4.78 is 7.40. The van der Waals surface area contributed by atoms with Crippen LogP contribution in [0.25, 0.3) is 133 Å². The van der Waals surface area contributed by atoms with Gasteiger partial charge in [-0.15, -0.1) is 0 Å². The summed E-state index contributed by atoms with van der Waals surface area (Å²) in [6.07, 6.45) is 12.9. The zero-order valence-corrected chi connectivity index (χ0v) is 49.8. The van der Waals surface area contributed by atoms with Gasteiger partial charge in [-0.2, -0.15) is 0 Å². The van der Waals surface area contributed by atoms with Gasteiger partial charge >= 0.3 is 0 Å². The lowest BCUT2D eigenvalue weighted by Gasteiger charge is -2.22. The van der Waals surface area contributed by atoms with Crippen molar-refractivity contribution in [2.24, 2.45) is 11.8 Å². The molecule has 0 aliphatic heterocycles. The summed E-state index contributed by atoms with van der Waals surface area (Å²) in [6.45, 7) is 9.19. The van der Waals surface area contributed by atoms with Gasteiger partial charge in [0.2, 0.25) is 0 Å². The minimum absolute atomic E-state index is 0.582. The van der Waals surface area contributed by atoms with Crippen LogP contribution in [0.5, 0.6) is 0 Å². The van der Waals surface area contributed by atoms with Gasteiger partial charge in [-0.3, -0.25) is 0 Å². The van der Waals surface area contributed by atoms with Gasteiger partial charge in [0.05, 0.1) is 33.1 Å². The summed E-state index contributed by atoms with van der Waals surface area (Å²) in [5, 5.41) is 10.1. The van der Waals surface area contributed by atoms with E-state index in [0.717, 1.165) is 31.4 Å². The first-order valence-corrected chi connectivity index (χ1v) is 31.2. The van der Waals surface area contributed by atoms with E-state index in [1.165, 1.54) is 154 Å². The monoisotopic (exact) mass is 1120 g/mol. The van der Waals surface area contributed by atoms with Crippen LogP contribution in [-0.2, 0) is 25.7 Å². The molecule has 0 spiro atoms. The molecule has 3 nitrogen and oxygen atoms in total. The van der Waals surface area contributed by atoms with E-state index in [4.69, 9.17) is 0 Å². The summed E-state index contributed by atoms with van der Waals surface area (Å²) in [4.78, 5) is 0. The molecule has 0 radical (unpaired) electrons. The van der Waals surface area contributed by atoms with E-state index in [9.17, 15) is 0 Å². The highest BCUT2D eigenvalue weighted by atomic mass is 15.0. The predicted molar refractivity (Wildman–Crippen MR) is 371 cm³/mol. The molecule has 0 amide bonds. The van der Waals surface area contributed by atoms with Crippen molar-refractivity contribution in [1.29, 1.82) is 0 Å². The maximum Gasteiger partial charge on any atom is 0.0541 e. The third kappa shape index (κ3) is 9.11. The number of benzene rings is 12. The number of rotatable bonds is 12. The van der Waals surface area contributed by atoms with Gasteiger partial charge in [-0.25, -0.2) is 0 Å². The number of allylic oxidation sites excluding steroid dienone is 3. The van der Waals surface area contributed by atoms with Gasteiger partial charge in [0.1, 0.15) is 0 Å². The third-order valence-corrected chi connectivity index (χ3v) is 18.4. The molecule has 3 heterocycles. The Labute approximate surface area is 509 Å². The van der Waals surface area contributed by atoms with E-state index >= 15 is 0 Å². The highest BCUT2D eigenvalue weighted by Crippen LogP contribution is 2.44. The van der Waals surface area contributed by atoms with E-state index < -0.39 is 0 Å². The molecule has 3 heteroatoms. The van der Waals surface area contributed by atoms with Crippen LogP contribution in [0.3, 0.4) is 0 Å². The zero-order chi connectivity index (χ0) is 58.3. The van der Waals surface area contributed by atoms with Gasteiger partial charge in [-0.1, -0.05) is 204 Å². The number of hydrogen-bond donors (Lipinski definition) is 0. The molecule has 0 fully saturated rings. The van der Waals surface area contributed by atoms with Crippen LogP contribution < -0.4 is 0 Å². The van der Waals surface area contributed by atoms with Gasteiger partial charge in [0.25, 0.3) is 0 Å².